The number of nitrogens with zero attached hydrogens (tertiary/aromatic N) is 6. The topological polar surface area (TPSA) is 111 Å². The predicted octanol–water partition coefficient (Wildman–Crippen LogP) is 4.12. The Labute approximate surface area is 214 Å². The lowest BCUT2D eigenvalue weighted by atomic mass is 10.1. The van der Waals surface area contributed by atoms with Crippen LogP contribution in [0.4, 0.5) is 15.8 Å². The number of carbonyl (C=O) groups is 1. The summed E-state index contributed by atoms with van der Waals surface area (Å²) in [5.74, 6) is -0.600. The van der Waals surface area contributed by atoms with Gasteiger partial charge in [-0.25, -0.2) is 13.9 Å². The van der Waals surface area contributed by atoms with Gasteiger partial charge in [-0.1, -0.05) is 13.8 Å². The van der Waals surface area contributed by atoms with Crippen molar-refractivity contribution >= 4 is 22.9 Å². The third-order valence-electron chi connectivity index (χ3n) is 6.54. The molecule has 1 atom stereocenters. The number of hydrogen-bond acceptors (Lipinski definition) is 7. The van der Waals surface area contributed by atoms with E-state index in [-0.39, 0.29) is 18.5 Å². The molecule has 10 nitrogen and oxygen atoms in total. The van der Waals surface area contributed by atoms with Crippen LogP contribution in [0.5, 0.6) is 0 Å². The number of rotatable bonds is 8. The van der Waals surface area contributed by atoms with E-state index in [1.54, 1.807) is 43.0 Å². The van der Waals surface area contributed by atoms with Gasteiger partial charge in [-0.15, -0.1) is 0 Å². The molecule has 0 spiro atoms. The quantitative estimate of drug-likeness (QED) is 0.370. The smallest absolute Gasteiger partial charge is 0.255 e. The van der Waals surface area contributed by atoms with Crippen LogP contribution in [0.25, 0.3) is 16.9 Å². The number of amides is 1. The average Bonchev–Trinajstić information content (AvgIpc) is 3.54. The van der Waals surface area contributed by atoms with E-state index in [0.717, 1.165) is 29.7 Å². The first kappa shape index (κ1) is 24.8. The van der Waals surface area contributed by atoms with E-state index in [4.69, 9.17) is 4.74 Å². The third kappa shape index (κ3) is 5.46. The Bertz CT molecular complexity index is 1390. The summed E-state index contributed by atoms with van der Waals surface area (Å²) in [6, 6.07) is 2.06. The molecule has 1 aliphatic rings. The van der Waals surface area contributed by atoms with E-state index in [1.807, 2.05) is 24.0 Å². The maximum Gasteiger partial charge on any atom is 0.255 e. The van der Waals surface area contributed by atoms with Gasteiger partial charge in [-0.05, 0) is 37.3 Å². The van der Waals surface area contributed by atoms with Gasteiger partial charge in [0.1, 0.15) is 6.17 Å². The fourth-order valence-corrected chi connectivity index (χ4v) is 4.26. The van der Waals surface area contributed by atoms with E-state index >= 15 is 0 Å². The number of pyridine rings is 1. The van der Waals surface area contributed by atoms with Crippen molar-refractivity contribution in [2.45, 2.75) is 45.8 Å². The summed E-state index contributed by atoms with van der Waals surface area (Å²) >= 11 is 0. The highest BCUT2D eigenvalue weighted by molar-refractivity contribution is 6.00. The lowest BCUT2D eigenvalue weighted by Crippen LogP contribution is -2.32. The monoisotopic (exact) mass is 506 g/mol. The molecular formula is C26H31FN8O2. The molecule has 11 heteroatoms. The molecule has 5 heterocycles. The van der Waals surface area contributed by atoms with Crippen LogP contribution in [0, 0.1) is 12.8 Å². The number of halogens is 1. The predicted molar refractivity (Wildman–Crippen MR) is 138 cm³/mol. The van der Waals surface area contributed by atoms with Crippen molar-refractivity contribution in [2.24, 2.45) is 5.92 Å². The minimum Gasteiger partial charge on any atom is -0.381 e. The zero-order chi connectivity index (χ0) is 25.9. The molecule has 37 heavy (non-hydrogen) atoms. The Morgan fingerprint density at radius 2 is 1.95 bits per heavy atom. The molecule has 4 aromatic rings. The number of aryl methyl sites for hydroxylation is 1. The Balaban J connectivity index is 1.46. The van der Waals surface area contributed by atoms with Crippen LogP contribution in [0.3, 0.4) is 0 Å². The van der Waals surface area contributed by atoms with Crippen LogP contribution >= 0.6 is 0 Å². The molecule has 5 rings (SSSR count). The summed E-state index contributed by atoms with van der Waals surface area (Å²) in [4.78, 5) is 22.1. The van der Waals surface area contributed by atoms with Crippen LogP contribution in [0.2, 0.25) is 0 Å². The number of ether oxygens (including phenoxy) is 1. The Kier molecular flexibility index (Phi) is 7.13. The molecule has 194 valence electrons. The number of nitrogens with one attached hydrogen (secondary N) is 2. The van der Waals surface area contributed by atoms with Gasteiger partial charge in [0.2, 0.25) is 0 Å². The lowest BCUT2D eigenvalue weighted by molar-refractivity contribution is 0.0662. The first-order valence-corrected chi connectivity index (χ1v) is 12.5. The van der Waals surface area contributed by atoms with Crippen LogP contribution in [0.1, 0.15) is 48.7 Å². The van der Waals surface area contributed by atoms with Gasteiger partial charge in [0.05, 0.1) is 46.6 Å². The zero-order valence-electron chi connectivity index (χ0n) is 21.2. The summed E-state index contributed by atoms with van der Waals surface area (Å²) in [5.41, 5.74) is 4.55. The fraction of sp³-hybridized carbons (Fsp3) is 0.423. The number of alkyl halides is 1. The Hall–Kier alpha value is -3.86. The van der Waals surface area contributed by atoms with E-state index in [9.17, 15) is 9.18 Å². The van der Waals surface area contributed by atoms with Crippen molar-refractivity contribution in [3.63, 3.8) is 0 Å². The van der Waals surface area contributed by atoms with E-state index < -0.39 is 12.1 Å². The molecule has 0 aliphatic carbocycles. The van der Waals surface area contributed by atoms with Crippen LogP contribution in [0.15, 0.2) is 43.2 Å². The fourth-order valence-electron chi connectivity index (χ4n) is 4.26. The molecule has 1 aliphatic heterocycles. The van der Waals surface area contributed by atoms with Crippen molar-refractivity contribution in [1.29, 1.82) is 0 Å². The zero-order valence-corrected chi connectivity index (χ0v) is 21.2. The summed E-state index contributed by atoms with van der Waals surface area (Å²) in [6.45, 7) is 6.86. The van der Waals surface area contributed by atoms with Gasteiger partial charge < -0.3 is 15.4 Å². The van der Waals surface area contributed by atoms with Crippen LogP contribution in [-0.4, -0.2) is 61.2 Å². The van der Waals surface area contributed by atoms with Gasteiger partial charge in [0.25, 0.3) is 5.91 Å². The summed E-state index contributed by atoms with van der Waals surface area (Å²) in [5, 5.41) is 14.9. The second-order valence-corrected chi connectivity index (χ2v) is 9.72. The molecule has 0 saturated carbocycles. The highest BCUT2D eigenvalue weighted by Crippen LogP contribution is 2.29. The summed E-state index contributed by atoms with van der Waals surface area (Å²) in [6.07, 6.45) is 11.2. The average molecular weight is 507 g/mol. The number of hydrogen-bond donors (Lipinski definition) is 2. The highest BCUT2D eigenvalue weighted by atomic mass is 19.1. The molecule has 1 fully saturated rings. The highest BCUT2D eigenvalue weighted by Gasteiger charge is 2.20. The molecule has 2 N–H and O–H groups in total. The number of carbonyl (C=O) groups excluding carboxylic acids is 1. The normalized spacial score (nSPS) is 15.3. The van der Waals surface area contributed by atoms with Crippen molar-refractivity contribution < 1.29 is 13.9 Å². The molecule has 1 unspecified atom stereocenters. The molecule has 4 aromatic heterocycles. The molecule has 0 radical (unpaired) electrons. The lowest BCUT2D eigenvalue weighted by Gasteiger charge is -2.22. The second-order valence-electron chi connectivity index (χ2n) is 9.72. The van der Waals surface area contributed by atoms with Crippen molar-refractivity contribution in [2.75, 3.05) is 25.1 Å². The standard InChI is InChI=1S/C26H31FN8O2/c1-16(2)22(27)13-30-26(36)21-11-28-23(20-12-32-35-14-17(3)9-29-25(20)35)8-24(21)33-18-10-31-34(15-18)19-4-6-37-7-5-19/h8-12,14-16,19,22H,4-7,13H2,1-3H3,(H,28,33)(H,30,36). The number of anilines is 2. The van der Waals surface area contributed by atoms with Crippen molar-refractivity contribution in [1.82, 2.24) is 34.7 Å². The maximum atomic E-state index is 14.2. The van der Waals surface area contributed by atoms with Crippen molar-refractivity contribution in [3.05, 3.63) is 54.4 Å². The van der Waals surface area contributed by atoms with Gasteiger partial charge >= 0.3 is 0 Å². The summed E-state index contributed by atoms with van der Waals surface area (Å²) in [7, 11) is 0. The molecule has 1 saturated heterocycles. The third-order valence-corrected chi connectivity index (χ3v) is 6.54. The Morgan fingerprint density at radius 3 is 2.73 bits per heavy atom. The number of aromatic nitrogens is 6. The molecule has 1 amide bonds. The molecular weight excluding hydrogens is 475 g/mol. The van der Waals surface area contributed by atoms with Gasteiger partial charge in [0.15, 0.2) is 5.65 Å². The number of fused-ring (bicyclic) bond motifs is 1. The SMILES string of the molecule is Cc1cnc2c(-c3cc(Nc4cnn(C5CCOCC5)c4)c(C(=O)NCC(F)C(C)C)cn3)cnn2c1. The largest absolute Gasteiger partial charge is 0.381 e. The van der Waals surface area contributed by atoms with E-state index in [2.05, 4.69) is 30.8 Å². The van der Waals surface area contributed by atoms with Crippen LogP contribution in [-0.2, 0) is 4.74 Å². The first-order chi connectivity index (χ1) is 17.9. The van der Waals surface area contributed by atoms with Crippen LogP contribution < -0.4 is 10.6 Å². The van der Waals surface area contributed by atoms with Gasteiger partial charge in [-0.3, -0.25) is 14.5 Å². The Morgan fingerprint density at radius 1 is 1.14 bits per heavy atom. The molecule has 0 bridgehead atoms. The maximum absolute atomic E-state index is 14.2. The van der Waals surface area contributed by atoms with Gasteiger partial charge in [0, 0.05) is 44.5 Å². The minimum atomic E-state index is -1.14. The minimum absolute atomic E-state index is 0.0727. The van der Waals surface area contributed by atoms with Gasteiger partial charge in [-0.2, -0.15) is 10.2 Å². The van der Waals surface area contributed by atoms with E-state index in [1.165, 1.54) is 6.20 Å². The van der Waals surface area contributed by atoms with E-state index in [0.29, 0.717) is 35.8 Å². The first-order valence-electron chi connectivity index (χ1n) is 12.5. The second kappa shape index (κ2) is 10.6. The molecule has 0 aromatic carbocycles. The van der Waals surface area contributed by atoms with Crippen molar-refractivity contribution in [3.8, 4) is 11.3 Å². The summed E-state index contributed by atoms with van der Waals surface area (Å²) < 4.78 is 23.3.